The van der Waals surface area contributed by atoms with Crippen molar-refractivity contribution in [3.63, 3.8) is 0 Å². The van der Waals surface area contributed by atoms with Crippen LogP contribution in [-0.2, 0) is 4.79 Å². The summed E-state index contributed by atoms with van der Waals surface area (Å²) in [5.74, 6) is -1.28. The minimum Gasteiger partial charge on any atom is -0.480 e. The second kappa shape index (κ2) is 6.83. The maximum Gasteiger partial charge on any atom is 0.326 e. The summed E-state index contributed by atoms with van der Waals surface area (Å²) in [7, 11) is 0. The number of aliphatic carboxylic acids is 1. The third kappa shape index (κ3) is 4.55. The number of hydrogen-bond acceptors (Lipinski definition) is 5. The molecule has 0 radical (unpaired) electrons. The number of nitrogens with zero attached hydrogens (tertiary/aromatic N) is 1. The third-order valence-electron chi connectivity index (χ3n) is 2.92. The van der Waals surface area contributed by atoms with Gasteiger partial charge in [-0.1, -0.05) is 13.8 Å². The summed E-state index contributed by atoms with van der Waals surface area (Å²) < 4.78 is 0. The molecule has 21 heavy (non-hydrogen) atoms. The maximum absolute atomic E-state index is 11.5. The Labute approximate surface area is 122 Å². The molecule has 0 aromatic heterocycles. The second-order valence-corrected chi connectivity index (χ2v) is 5.21. The van der Waals surface area contributed by atoms with Gasteiger partial charge in [-0.3, -0.25) is 14.9 Å². The topological polar surface area (TPSA) is 110 Å². The number of Topliss-reactive ketones (excluding diaryl/α,β-unsaturated/α-hetero) is 1. The summed E-state index contributed by atoms with van der Waals surface area (Å²) in [4.78, 5) is 32.9. The molecule has 1 rings (SSSR count). The summed E-state index contributed by atoms with van der Waals surface area (Å²) in [5, 5.41) is 22.8. The predicted molar refractivity (Wildman–Crippen MR) is 77.6 cm³/mol. The summed E-state index contributed by atoms with van der Waals surface area (Å²) in [5.41, 5.74) is 0.0429. The molecule has 0 aliphatic heterocycles. The first kappa shape index (κ1) is 16.6. The van der Waals surface area contributed by atoms with E-state index in [-0.39, 0.29) is 17.2 Å². The molecular weight excluding hydrogens is 276 g/mol. The Morgan fingerprint density at radius 3 is 2.43 bits per heavy atom. The smallest absolute Gasteiger partial charge is 0.326 e. The molecular formula is C14H18N2O5. The highest BCUT2D eigenvalue weighted by Gasteiger charge is 2.21. The predicted octanol–water partition coefficient (Wildman–Crippen LogP) is 2.71. The number of ketones is 1. The lowest BCUT2D eigenvalue weighted by Crippen LogP contribution is -2.30. The number of carbonyl (C=O) groups excluding carboxylic acids is 1. The van der Waals surface area contributed by atoms with Gasteiger partial charge in [0, 0.05) is 11.8 Å². The number of carboxylic acid groups (broad SMARTS) is 1. The Bertz CT molecular complexity index is 568. The zero-order chi connectivity index (χ0) is 16.2. The number of nitrogens with one attached hydrogen (secondary N) is 1. The number of anilines is 1. The fraction of sp³-hybridized carbons (Fsp3) is 0.429. The van der Waals surface area contributed by atoms with Crippen molar-refractivity contribution in [1.82, 2.24) is 0 Å². The molecule has 0 amide bonds. The van der Waals surface area contributed by atoms with E-state index in [0.29, 0.717) is 12.1 Å². The molecule has 2 N–H and O–H groups in total. The van der Waals surface area contributed by atoms with Gasteiger partial charge in [0.25, 0.3) is 5.69 Å². The van der Waals surface area contributed by atoms with Crippen molar-refractivity contribution in [3.8, 4) is 0 Å². The molecule has 114 valence electrons. The number of hydrogen-bond donors (Lipinski definition) is 2. The Hall–Kier alpha value is -2.44. The molecule has 0 saturated heterocycles. The van der Waals surface area contributed by atoms with E-state index in [1.165, 1.54) is 25.1 Å². The zero-order valence-corrected chi connectivity index (χ0v) is 12.1. The molecule has 0 fully saturated rings. The van der Waals surface area contributed by atoms with Crippen LogP contribution in [0.4, 0.5) is 11.4 Å². The van der Waals surface area contributed by atoms with Gasteiger partial charge in [0.2, 0.25) is 0 Å². The van der Waals surface area contributed by atoms with Gasteiger partial charge in [0.1, 0.15) is 6.04 Å². The van der Waals surface area contributed by atoms with Crippen LogP contribution < -0.4 is 5.32 Å². The van der Waals surface area contributed by atoms with Gasteiger partial charge in [0.05, 0.1) is 10.5 Å². The van der Waals surface area contributed by atoms with E-state index < -0.39 is 22.7 Å². The van der Waals surface area contributed by atoms with E-state index in [1.807, 2.05) is 13.8 Å². The van der Waals surface area contributed by atoms with Gasteiger partial charge in [-0.15, -0.1) is 0 Å². The van der Waals surface area contributed by atoms with E-state index in [1.54, 1.807) is 0 Å². The maximum atomic E-state index is 11.5. The number of nitro groups is 1. The fourth-order valence-electron chi connectivity index (χ4n) is 1.96. The van der Waals surface area contributed by atoms with Gasteiger partial charge in [-0.2, -0.15) is 0 Å². The highest BCUT2D eigenvalue weighted by Crippen LogP contribution is 2.24. The van der Waals surface area contributed by atoms with Crippen molar-refractivity contribution in [2.75, 3.05) is 5.32 Å². The SMILES string of the molecule is CC(=O)c1cc(N[C@@H](CC(C)C)C(=O)O)ccc1[N+](=O)[O-]. The zero-order valence-electron chi connectivity index (χ0n) is 12.1. The largest absolute Gasteiger partial charge is 0.480 e. The van der Waals surface area contributed by atoms with Gasteiger partial charge in [-0.25, -0.2) is 4.79 Å². The van der Waals surface area contributed by atoms with Crippen LogP contribution in [0, 0.1) is 16.0 Å². The first-order chi connectivity index (χ1) is 9.72. The van der Waals surface area contributed by atoms with Crippen LogP contribution in [-0.4, -0.2) is 27.8 Å². The molecule has 0 bridgehead atoms. The summed E-state index contributed by atoms with van der Waals surface area (Å²) >= 11 is 0. The average molecular weight is 294 g/mol. The summed E-state index contributed by atoms with van der Waals surface area (Å²) in [6, 6.07) is 3.11. The Kier molecular flexibility index (Phi) is 5.40. The Morgan fingerprint density at radius 1 is 1.38 bits per heavy atom. The standard InChI is InChI=1S/C14H18N2O5/c1-8(2)6-12(14(18)19)15-10-4-5-13(16(20)21)11(7-10)9(3)17/h4-5,7-8,12,15H,6H2,1-3H3,(H,18,19)/t12-/m0/s1. The number of carboxylic acids is 1. The van der Waals surface area contributed by atoms with Gasteiger partial charge in [0.15, 0.2) is 5.78 Å². The van der Waals surface area contributed by atoms with E-state index in [9.17, 15) is 19.7 Å². The molecule has 1 aromatic carbocycles. The van der Waals surface area contributed by atoms with E-state index in [4.69, 9.17) is 5.11 Å². The number of carbonyl (C=O) groups is 2. The molecule has 0 saturated carbocycles. The second-order valence-electron chi connectivity index (χ2n) is 5.21. The molecule has 1 aromatic rings. The van der Waals surface area contributed by atoms with Crippen LogP contribution in [0.2, 0.25) is 0 Å². The molecule has 0 heterocycles. The molecule has 0 aliphatic rings. The van der Waals surface area contributed by atoms with Crippen LogP contribution in [0.25, 0.3) is 0 Å². The lowest BCUT2D eigenvalue weighted by Gasteiger charge is -2.18. The molecule has 0 aliphatic carbocycles. The summed E-state index contributed by atoms with van der Waals surface area (Å²) in [6.45, 7) is 5.03. The van der Waals surface area contributed by atoms with Crippen molar-refractivity contribution >= 4 is 23.1 Å². The molecule has 0 spiro atoms. The molecule has 7 heteroatoms. The van der Waals surface area contributed by atoms with Crippen molar-refractivity contribution in [2.45, 2.75) is 33.2 Å². The van der Waals surface area contributed by atoms with Crippen molar-refractivity contribution in [3.05, 3.63) is 33.9 Å². The molecule has 0 unspecified atom stereocenters. The van der Waals surface area contributed by atoms with E-state index in [0.717, 1.165) is 0 Å². The van der Waals surface area contributed by atoms with Crippen LogP contribution >= 0.6 is 0 Å². The molecule has 1 atom stereocenters. The van der Waals surface area contributed by atoms with Gasteiger partial charge < -0.3 is 10.4 Å². The summed E-state index contributed by atoms with van der Waals surface area (Å²) in [6.07, 6.45) is 0.404. The van der Waals surface area contributed by atoms with Crippen LogP contribution in [0.1, 0.15) is 37.6 Å². The lowest BCUT2D eigenvalue weighted by molar-refractivity contribution is -0.385. The first-order valence-electron chi connectivity index (χ1n) is 6.51. The minimum absolute atomic E-state index is 0.0429. The highest BCUT2D eigenvalue weighted by molar-refractivity contribution is 5.99. The van der Waals surface area contributed by atoms with Crippen molar-refractivity contribution in [2.24, 2.45) is 5.92 Å². The van der Waals surface area contributed by atoms with Crippen LogP contribution in [0.3, 0.4) is 0 Å². The first-order valence-corrected chi connectivity index (χ1v) is 6.51. The quantitative estimate of drug-likeness (QED) is 0.454. The molecule has 7 nitrogen and oxygen atoms in total. The number of rotatable bonds is 7. The monoisotopic (exact) mass is 294 g/mol. The minimum atomic E-state index is -1.01. The number of nitro benzene ring substituents is 1. The van der Waals surface area contributed by atoms with Crippen LogP contribution in [0.15, 0.2) is 18.2 Å². The van der Waals surface area contributed by atoms with Gasteiger partial charge in [-0.05, 0) is 31.4 Å². The van der Waals surface area contributed by atoms with Gasteiger partial charge >= 0.3 is 5.97 Å². The lowest BCUT2D eigenvalue weighted by atomic mass is 10.0. The number of benzene rings is 1. The van der Waals surface area contributed by atoms with Crippen molar-refractivity contribution < 1.29 is 19.6 Å². The van der Waals surface area contributed by atoms with E-state index >= 15 is 0 Å². The third-order valence-corrected chi connectivity index (χ3v) is 2.92. The Morgan fingerprint density at radius 2 is 2.00 bits per heavy atom. The highest BCUT2D eigenvalue weighted by atomic mass is 16.6. The van der Waals surface area contributed by atoms with E-state index in [2.05, 4.69) is 5.32 Å². The normalized spacial score (nSPS) is 12.0. The van der Waals surface area contributed by atoms with Crippen LogP contribution in [0.5, 0.6) is 0 Å². The Balaban J connectivity index is 3.08. The van der Waals surface area contributed by atoms with Crippen molar-refractivity contribution in [1.29, 1.82) is 0 Å². The fourth-order valence-corrected chi connectivity index (χ4v) is 1.96. The average Bonchev–Trinajstić information content (AvgIpc) is 2.36.